The fraction of sp³-hybridized carbons (Fsp3) is 0.333. The minimum absolute atomic E-state index is 0.248. The summed E-state index contributed by atoms with van der Waals surface area (Å²) in [6, 6.07) is 3.71. The van der Waals surface area contributed by atoms with Crippen molar-refractivity contribution in [1.29, 1.82) is 0 Å². The maximum atomic E-state index is 10.9. The fourth-order valence-corrected chi connectivity index (χ4v) is 1.60. The van der Waals surface area contributed by atoms with E-state index in [1.165, 1.54) is 0 Å². The second kappa shape index (κ2) is 2.75. The van der Waals surface area contributed by atoms with Crippen LogP contribution in [0, 0.1) is 6.92 Å². The van der Waals surface area contributed by atoms with E-state index in [0.29, 0.717) is 13.1 Å². The second-order valence-electron chi connectivity index (χ2n) is 3.60. The molecule has 0 unspecified atom stereocenters. The molecule has 0 aliphatic carbocycles. The van der Waals surface area contributed by atoms with E-state index in [2.05, 4.69) is 15.3 Å². The third kappa shape index (κ3) is 1.18. The molecule has 2 aromatic heterocycles. The molecule has 3 rings (SSSR count). The minimum atomic E-state index is 0.248. The molecular weight excluding hydrogens is 194 g/mol. The first kappa shape index (κ1) is 8.34. The molecule has 0 saturated carbocycles. The lowest BCUT2D eigenvalue weighted by atomic mass is 10.2. The third-order valence-electron chi connectivity index (χ3n) is 2.46. The molecule has 6 nitrogen and oxygen atoms in total. The SMILES string of the molecule is Cc1nnc2ccc(N3CC(=O)C3)nn12. The van der Waals surface area contributed by atoms with Crippen LogP contribution < -0.4 is 4.90 Å². The number of carbonyl (C=O) groups is 1. The zero-order valence-electron chi connectivity index (χ0n) is 8.21. The summed E-state index contributed by atoms with van der Waals surface area (Å²) in [6.07, 6.45) is 0. The van der Waals surface area contributed by atoms with E-state index in [1.54, 1.807) is 4.52 Å². The van der Waals surface area contributed by atoms with Crippen molar-refractivity contribution in [2.24, 2.45) is 0 Å². The summed E-state index contributed by atoms with van der Waals surface area (Å²) < 4.78 is 1.68. The lowest BCUT2D eigenvalue weighted by Crippen LogP contribution is -2.47. The molecule has 1 fully saturated rings. The molecule has 76 valence electrons. The molecule has 1 aliphatic rings. The van der Waals surface area contributed by atoms with Crippen molar-refractivity contribution in [3.05, 3.63) is 18.0 Å². The average Bonchev–Trinajstić information content (AvgIpc) is 2.56. The van der Waals surface area contributed by atoms with Gasteiger partial charge in [0.1, 0.15) is 0 Å². The van der Waals surface area contributed by atoms with Gasteiger partial charge in [-0.15, -0.1) is 15.3 Å². The Balaban J connectivity index is 2.05. The van der Waals surface area contributed by atoms with E-state index < -0.39 is 0 Å². The van der Waals surface area contributed by atoms with Gasteiger partial charge < -0.3 is 4.90 Å². The molecule has 15 heavy (non-hydrogen) atoms. The third-order valence-corrected chi connectivity index (χ3v) is 2.46. The van der Waals surface area contributed by atoms with E-state index in [4.69, 9.17) is 0 Å². The number of hydrogen-bond acceptors (Lipinski definition) is 5. The first-order valence-electron chi connectivity index (χ1n) is 4.70. The lowest BCUT2D eigenvalue weighted by molar-refractivity contribution is -0.119. The van der Waals surface area contributed by atoms with Crippen molar-refractivity contribution in [2.45, 2.75) is 6.92 Å². The number of hydrogen-bond donors (Lipinski definition) is 0. The molecule has 0 spiro atoms. The molecule has 0 atom stereocenters. The van der Waals surface area contributed by atoms with E-state index in [9.17, 15) is 4.79 Å². The van der Waals surface area contributed by atoms with Crippen molar-refractivity contribution in [3.8, 4) is 0 Å². The summed E-state index contributed by atoms with van der Waals surface area (Å²) in [5.74, 6) is 1.79. The summed E-state index contributed by atoms with van der Waals surface area (Å²) in [7, 11) is 0. The summed E-state index contributed by atoms with van der Waals surface area (Å²) in [4.78, 5) is 12.8. The molecule has 3 heterocycles. The predicted octanol–water partition coefficient (Wildman–Crippen LogP) is -0.178. The molecule has 0 N–H and O–H groups in total. The van der Waals surface area contributed by atoms with Gasteiger partial charge >= 0.3 is 0 Å². The molecule has 1 aliphatic heterocycles. The van der Waals surface area contributed by atoms with E-state index >= 15 is 0 Å². The van der Waals surface area contributed by atoms with Crippen molar-refractivity contribution < 1.29 is 4.79 Å². The maximum Gasteiger partial charge on any atom is 0.178 e. The number of anilines is 1. The summed E-state index contributed by atoms with van der Waals surface area (Å²) in [5, 5.41) is 12.2. The highest BCUT2D eigenvalue weighted by molar-refractivity contribution is 5.94. The number of fused-ring (bicyclic) bond motifs is 1. The standard InChI is InChI=1S/C9H9N5O/c1-6-10-11-8-2-3-9(12-14(6)8)13-4-7(15)5-13/h2-3H,4-5H2,1H3. The van der Waals surface area contributed by atoms with Crippen LogP contribution in [0.25, 0.3) is 5.65 Å². The monoisotopic (exact) mass is 203 g/mol. The van der Waals surface area contributed by atoms with Gasteiger partial charge in [0.05, 0.1) is 13.1 Å². The van der Waals surface area contributed by atoms with Crippen LogP contribution in [-0.4, -0.2) is 38.7 Å². The molecule has 0 amide bonds. The Morgan fingerprint density at radius 1 is 1.27 bits per heavy atom. The normalized spacial score (nSPS) is 15.8. The number of carbonyl (C=O) groups excluding carboxylic acids is 1. The van der Waals surface area contributed by atoms with Crippen LogP contribution in [0.4, 0.5) is 5.82 Å². The van der Waals surface area contributed by atoms with Gasteiger partial charge in [-0.1, -0.05) is 0 Å². The van der Waals surface area contributed by atoms with Crippen LogP contribution in [0.5, 0.6) is 0 Å². The number of Topliss-reactive ketones (excluding diaryl/α,β-unsaturated/α-hetero) is 1. The molecule has 0 aromatic carbocycles. The van der Waals surface area contributed by atoms with Crippen LogP contribution in [0.1, 0.15) is 5.82 Å². The zero-order chi connectivity index (χ0) is 10.4. The van der Waals surface area contributed by atoms with Gasteiger partial charge in [-0.2, -0.15) is 4.52 Å². The fourth-order valence-electron chi connectivity index (χ4n) is 1.60. The van der Waals surface area contributed by atoms with E-state index in [1.807, 2.05) is 24.0 Å². The number of aryl methyl sites for hydroxylation is 1. The highest BCUT2D eigenvalue weighted by atomic mass is 16.1. The van der Waals surface area contributed by atoms with E-state index in [-0.39, 0.29) is 5.78 Å². The van der Waals surface area contributed by atoms with Crippen molar-refractivity contribution in [1.82, 2.24) is 19.8 Å². The molecule has 0 bridgehead atoms. The van der Waals surface area contributed by atoms with Gasteiger partial charge in [0.15, 0.2) is 23.1 Å². The Hall–Kier alpha value is -1.98. The summed E-state index contributed by atoms with van der Waals surface area (Å²) in [6.45, 7) is 2.76. The first-order chi connectivity index (χ1) is 7.24. The Kier molecular flexibility index (Phi) is 1.53. The van der Waals surface area contributed by atoms with Gasteiger partial charge in [-0.25, -0.2) is 0 Å². The van der Waals surface area contributed by atoms with Gasteiger partial charge in [0.2, 0.25) is 0 Å². The smallest absolute Gasteiger partial charge is 0.178 e. The lowest BCUT2D eigenvalue weighted by Gasteiger charge is -2.29. The Morgan fingerprint density at radius 3 is 2.80 bits per heavy atom. The van der Waals surface area contributed by atoms with Crippen LogP contribution in [0.15, 0.2) is 12.1 Å². The minimum Gasteiger partial charge on any atom is -0.340 e. The quantitative estimate of drug-likeness (QED) is 0.643. The number of rotatable bonds is 1. The summed E-state index contributed by atoms with van der Waals surface area (Å²) in [5.41, 5.74) is 0.725. The maximum absolute atomic E-state index is 10.9. The van der Waals surface area contributed by atoms with Crippen molar-refractivity contribution in [2.75, 3.05) is 18.0 Å². The Labute approximate surface area is 85.5 Å². The van der Waals surface area contributed by atoms with Crippen LogP contribution >= 0.6 is 0 Å². The van der Waals surface area contributed by atoms with Gasteiger partial charge in [0, 0.05) is 0 Å². The number of nitrogens with zero attached hydrogens (tertiary/aromatic N) is 5. The molecule has 0 radical (unpaired) electrons. The van der Waals surface area contributed by atoms with Gasteiger partial charge in [-0.05, 0) is 19.1 Å². The average molecular weight is 203 g/mol. The highest BCUT2D eigenvalue weighted by Crippen LogP contribution is 2.16. The zero-order valence-corrected chi connectivity index (χ0v) is 8.21. The van der Waals surface area contributed by atoms with E-state index in [0.717, 1.165) is 17.3 Å². The molecule has 2 aromatic rings. The predicted molar refractivity (Wildman–Crippen MR) is 52.7 cm³/mol. The van der Waals surface area contributed by atoms with Gasteiger partial charge in [0.25, 0.3) is 0 Å². The van der Waals surface area contributed by atoms with Crippen molar-refractivity contribution in [3.63, 3.8) is 0 Å². The van der Waals surface area contributed by atoms with Crippen LogP contribution in [0.3, 0.4) is 0 Å². The second-order valence-corrected chi connectivity index (χ2v) is 3.60. The largest absolute Gasteiger partial charge is 0.340 e. The van der Waals surface area contributed by atoms with Crippen molar-refractivity contribution >= 4 is 17.2 Å². The molecular formula is C9H9N5O. The van der Waals surface area contributed by atoms with Gasteiger partial charge in [-0.3, -0.25) is 4.79 Å². The number of aromatic nitrogens is 4. The van der Waals surface area contributed by atoms with Crippen LogP contribution in [-0.2, 0) is 4.79 Å². The topological polar surface area (TPSA) is 63.4 Å². The Bertz CT molecular complexity index is 538. The van der Waals surface area contributed by atoms with Crippen LogP contribution in [0.2, 0.25) is 0 Å². The summed E-state index contributed by atoms with van der Waals surface area (Å²) >= 11 is 0. The number of ketones is 1. The molecule has 6 heteroatoms. The highest BCUT2D eigenvalue weighted by Gasteiger charge is 2.25. The first-order valence-corrected chi connectivity index (χ1v) is 4.70. The Morgan fingerprint density at radius 2 is 2.07 bits per heavy atom. The molecule has 1 saturated heterocycles.